The Morgan fingerprint density at radius 2 is 1.77 bits per heavy atom. The Morgan fingerprint density at radius 3 is 2.46 bits per heavy atom. The Balaban J connectivity index is 1.74. The standard InChI is InChI=1S/C27H21FN2O4S/c28-19-5-7-20(8-6-19)30-22-13-18-15-29-35-23(18)14-21(22)24(16-1-3-17(4-2-16)26(31)32)25(30)27(33)9-11-34-12-10-27/h1-8,13-15,33H,9-12H2,(H,31,32). The summed E-state index contributed by atoms with van der Waals surface area (Å²) in [6, 6.07) is 17.0. The minimum atomic E-state index is -1.20. The van der Waals surface area contributed by atoms with Crippen LogP contribution in [0.25, 0.3) is 37.8 Å². The second-order valence-corrected chi connectivity index (χ2v) is 9.63. The number of carboxylic acid groups (broad SMARTS) is 1. The van der Waals surface area contributed by atoms with Gasteiger partial charge in [0.2, 0.25) is 0 Å². The van der Waals surface area contributed by atoms with E-state index in [9.17, 15) is 19.4 Å². The van der Waals surface area contributed by atoms with Crippen molar-refractivity contribution in [3.05, 3.63) is 83.9 Å². The molecule has 0 spiro atoms. The van der Waals surface area contributed by atoms with Crippen LogP contribution in [-0.2, 0) is 10.3 Å². The Kier molecular flexibility index (Phi) is 5.17. The number of rotatable bonds is 4. The van der Waals surface area contributed by atoms with Crippen LogP contribution in [-0.4, -0.2) is 38.3 Å². The highest BCUT2D eigenvalue weighted by atomic mass is 32.1. The van der Waals surface area contributed by atoms with Gasteiger partial charge >= 0.3 is 5.97 Å². The summed E-state index contributed by atoms with van der Waals surface area (Å²) in [4.78, 5) is 11.5. The fraction of sp³-hybridized carbons (Fsp3) is 0.185. The van der Waals surface area contributed by atoms with Crippen molar-refractivity contribution in [2.45, 2.75) is 18.4 Å². The highest BCUT2D eigenvalue weighted by Crippen LogP contribution is 2.46. The molecule has 6 rings (SSSR count). The molecule has 0 radical (unpaired) electrons. The lowest BCUT2D eigenvalue weighted by atomic mass is 9.85. The van der Waals surface area contributed by atoms with Crippen LogP contribution in [0.2, 0.25) is 0 Å². The number of fused-ring (bicyclic) bond motifs is 2. The SMILES string of the molecule is O=C(O)c1ccc(-c2c(C3(O)CCOCC3)n(-c3ccc(F)cc3)c3cc4cnsc4cc23)cc1. The number of hydrogen-bond donors (Lipinski definition) is 2. The third-order valence-electron chi connectivity index (χ3n) is 6.71. The number of nitrogens with zero attached hydrogens (tertiary/aromatic N) is 2. The van der Waals surface area contributed by atoms with E-state index in [0.29, 0.717) is 31.7 Å². The topological polar surface area (TPSA) is 84.6 Å². The van der Waals surface area contributed by atoms with Gasteiger partial charge in [0.1, 0.15) is 11.4 Å². The number of hydrogen-bond acceptors (Lipinski definition) is 5. The summed E-state index contributed by atoms with van der Waals surface area (Å²) in [6.07, 6.45) is 2.62. The first-order valence-corrected chi connectivity index (χ1v) is 12.1. The van der Waals surface area contributed by atoms with E-state index in [-0.39, 0.29) is 11.4 Å². The predicted octanol–water partition coefficient (Wildman–Crippen LogP) is 5.74. The molecular weight excluding hydrogens is 467 g/mol. The summed E-state index contributed by atoms with van der Waals surface area (Å²) in [5.41, 5.74) is 2.88. The van der Waals surface area contributed by atoms with Gasteiger partial charge in [-0.2, -0.15) is 4.37 Å². The minimum Gasteiger partial charge on any atom is -0.478 e. The van der Waals surface area contributed by atoms with Crippen LogP contribution in [0.3, 0.4) is 0 Å². The maximum absolute atomic E-state index is 13.9. The van der Waals surface area contributed by atoms with Crippen molar-refractivity contribution < 1.29 is 24.1 Å². The second kappa shape index (κ2) is 8.27. The lowest BCUT2D eigenvalue weighted by Crippen LogP contribution is -2.35. The van der Waals surface area contributed by atoms with Gasteiger partial charge in [0.25, 0.3) is 0 Å². The Hall–Kier alpha value is -3.59. The first kappa shape index (κ1) is 21.9. The number of benzene rings is 3. The van der Waals surface area contributed by atoms with Gasteiger partial charge < -0.3 is 19.5 Å². The maximum Gasteiger partial charge on any atom is 0.335 e. The average molecular weight is 489 g/mol. The highest BCUT2D eigenvalue weighted by molar-refractivity contribution is 7.13. The average Bonchev–Trinajstić information content (AvgIpc) is 3.46. The minimum absolute atomic E-state index is 0.187. The van der Waals surface area contributed by atoms with Gasteiger partial charge in [-0.15, -0.1) is 0 Å². The fourth-order valence-corrected chi connectivity index (χ4v) is 5.63. The molecule has 1 aliphatic rings. The van der Waals surface area contributed by atoms with Gasteiger partial charge in [-0.1, -0.05) is 12.1 Å². The van der Waals surface area contributed by atoms with Gasteiger partial charge in [0, 0.05) is 54.3 Å². The Labute approximate surface area is 204 Å². The molecule has 5 aromatic rings. The molecule has 8 heteroatoms. The van der Waals surface area contributed by atoms with Gasteiger partial charge in [0.05, 0.1) is 21.5 Å². The summed E-state index contributed by atoms with van der Waals surface area (Å²) in [7, 11) is 0. The van der Waals surface area contributed by atoms with Gasteiger partial charge in [0.15, 0.2) is 0 Å². The molecule has 2 aromatic heterocycles. The van der Waals surface area contributed by atoms with Crippen LogP contribution in [0, 0.1) is 5.82 Å². The molecule has 0 atom stereocenters. The summed E-state index contributed by atoms with van der Waals surface area (Å²) in [6.45, 7) is 0.829. The predicted molar refractivity (Wildman–Crippen MR) is 133 cm³/mol. The normalized spacial score (nSPS) is 15.6. The molecule has 35 heavy (non-hydrogen) atoms. The summed E-state index contributed by atoms with van der Waals surface area (Å²) < 4.78 is 26.8. The van der Waals surface area contributed by atoms with Crippen LogP contribution in [0.15, 0.2) is 66.9 Å². The van der Waals surface area contributed by atoms with E-state index in [1.165, 1.54) is 23.7 Å². The molecule has 0 amide bonds. The van der Waals surface area contributed by atoms with E-state index in [1.54, 1.807) is 36.4 Å². The van der Waals surface area contributed by atoms with E-state index >= 15 is 0 Å². The van der Waals surface area contributed by atoms with Crippen molar-refractivity contribution in [3.63, 3.8) is 0 Å². The first-order chi connectivity index (χ1) is 16.9. The third kappa shape index (κ3) is 3.61. The van der Waals surface area contributed by atoms with Crippen molar-refractivity contribution >= 4 is 38.5 Å². The van der Waals surface area contributed by atoms with E-state index in [0.717, 1.165) is 37.8 Å². The number of aromatic carboxylic acids is 1. The fourth-order valence-electron chi connectivity index (χ4n) is 4.97. The molecule has 1 aliphatic heterocycles. The number of carbonyl (C=O) groups is 1. The number of halogens is 1. The van der Waals surface area contributed by atoms with Crippen LogP contribution in [0.4, 0.5) is 4.39 Å². The van der Waals surface area contributed by atoms with E-state index < -0.39 is 11.6 Å². The van der Waals surface area contributed by atoms with Crippen molar-refractivity contribution in [1.82, 2.24) is 8.94 Å². The number of aliphatic hydroxyl groups is 1. The molecule has 2 N–H and O–H groups in total. The third-order valence-corrected chi connectivity index (χ3v) is 7.47. The second-order valence-electron chi connectivity index (χ2n) is 8.79. The van der Waals surface area contributed by atoms with E-state index in [1.807, 2.05) is 16.8 Å². The lowest BCUT2D eigenvalue weighted by molar-refractivity contribution is -0.0708. The molecule has 1 saturated heterocycles. The summed E-state index contributed by atoms with van der Waals surface area (Å²) in [5.74, 6) is -1.34. The molecule has 176 valence electrons. The number of ether oxygens (including phenoxy) is 1. The molecule has 0 saturated carbocycles. The molecular formula is C27H21FN2O4S. The van der Waals surface area contributed by atoms with Crippen LogP contribution in [0.1, 0.15) is 28.9 Å². The van der Waals surface area contributed by atoms with Crippen molar-refractivity contribution in [2.75, 3.05) is 13.2 Å². The quantitative estimate of drug-likeness (QED) is 0.337. The van der Waals surface area contributed by atoms with Crippen LogP contribution in [0.5, 0.6) is 0 Å². The molecule has 3 heterocycles. The number of aromatic nitrogens is 2. The molecule has 1 fully saturated rings. The van der Waals surface area contributed by atoms with Gasteiger partial charge in [-0.25, -0.2) is 9.18 Å². The van der Waals surface area contributed by atoms with Crippen LogP contribution < -0.4 is 0 Å². The highest BCUT2D eigenvalue weighted by Gasteiger charge is 2.39. The number of carboxylic acids is 1. The Bertz CT molecular complexity index is 1570. The van der Waals surface area contributed by atoms with Crippen molar-refractivity contribution in [1.29, 1.82) is 0 Å². The van der Waals surface area contributed by atoms with Crippen molar-refractivity contribution in [3.8, 4) is 16.8 Å². The Morgan fingerprint density at radius 1 is 1.06 bits per heavy atom. The molecule has 0 aliphatic carbocycles. The van der Waals surface area contributed by atoms with Crippen molar-refractivity contribution in [2.24, 2.45) is 0 Å². The maximum atomic E-state index is 13.9. The van der Waals surface area contributed by atoms with Gasteiger partial charge in [-0.3, -0.25) is 0 Å². The zero-order chi connectivity index (χ0) is 24.2. The molecule has 0 bridgehead atoms. The molecule has 3 aromatic carbocycles. The van der Waals surface area contributed by atoms with E-state index in [4.69, 9.17) is 4.74 Å². The largest absolute Gasteiger partial charge is 0.478 e. The van der Waals surface area contributed by atoms with Crippen LogP contribution >= 0.6 is 11.5 Å². The smallest absolute Gasteiger partial charge is 0.335 e. The summed E-state index contributed by atoms with van der Waals surface area (Å²) in [5, 5.41) is 23.3. The zero-order valence-electron chi connectivity index (χ0n) is 18.6. The monoisotopic (exact) mass is 488 g/mol. The molecule has 6 nitrogen and oxygen atoms in total. The van der Waals surface area contributed by atoms with Gasteiger partial charge in [-0.05, 0) is 65.6 Å². The first-order valence-electron chi connectivity index (χ1n) is 11.3. The lowest BCUT2D eigenvalue weighted by Gasteiger charge is -2.34. The van der Waals surface area contributed by atoms with E-state index in [2.05, 4.69) is 10.4 Å². The summed E-state index contributed by atoms with van der Waals surface area (Å²) >= 11 is 1.39. The molecule has 0 unspecified atom stereocenters. The zero-order valence-corrected chi connectivity index (χ0v) is 19.4.